The molecule has 2 heterocycles. The molecule has 1 saturated carbocycles. The van der Waals surface area contributed by atoms with Crippen molar-refractivity contribution in [1.29, 1.82) is 0 Å². The molecule has 1 saturated heterocycles. The Labute approximate surface area is 126 Å². The molecule has 0 radical (unpaired) electrons. The fourth-order valence-electron chi connectivity index (χ4n) is 2.35. The number of ether oxygens (including phenoxy) is 1. The highest BCUT2D eigenvalue weighted by Gasteiger charge is 2.34. The molecule has 3 rings (SSSR count). The summed E-state index contributed by atoms with van der Waals surface area (Å²) in [4.78, 5) is 24.7. The van der Waals surface area contributed by atoms with Gasteiger partial charge in [0.15, 0.2) is 0 Å². The van der Waals surface area contributed by atoms with Crippen molar-refractivity contribution in [2.24, 2.45) is 5.92 Å². The maximum absolute atomic E-state index is 12.0. The summed E-state index contributed by atoms with van der Waals surface area (Å²) in [5.41, 5.74) is 0. The number of rotatable bonds is 3. The number of methoxy groups -OCH3 is 1. The molecule has 6 nitrogen and oxygen atoms in total. The van der Waals surface area contributed by atoms with E-state index in [0.717, 1.165) is 43.5 Å². The van der Waals surface area contributed by atoms with Gasteiger partial charge in [0, 0.05) is 32.1 Å². The molecule has 0 N–H and O–H groups in total. The predicted molar refractivity (Wildman–Crippen MR) is 77.8 cm³/mol. The Balaban J connectivity index is 1.64. The number of piperazine rings is 1. The zero-order valence-corrected chi connectivity index (χ0v) is 13.0. The van der Waals surface area contributed by atoms with Crippen LogP contribution in [0.25, 0.3) is 0 Å². The number of nitrogens with zero attached hydrogens (tertiary/aromatic N) is 4. The lowest BCUT2D eigenvalue weighted by molar-refractivity contribution is -0.132. The van der Waals surface area contributed by atoms with Gasteiger partial charge >= 0.3 is 0 Å². The third kappa shape index (κ3) is 2.72. The minimum absolute atomic E-state index is 0.297. The number of hydrogen-bond donors (Lipinski definition) is 0. The summed E-state index contributed by atoms with van der Waals surface area (Å²) in [6, 6.07) is 0. The Morgan fingerprint density at radius 3 is 2.65 bits per heavy atom. The van der Waals surface area contributed by atoms with E-state index in [1.165, 1.54) is 0 Å². The van der Waals surface area contributed by atoms with E-state index in [0.29, 0.717) is 23.7 Å². The third-order valence-electron chi connectivity index (χ3n) is 3.69. The lowest BCUT2D eigenvalue weighted by Gasteiger charge is -2.34. The van der Waals surface area contributed by atoms with Crippen LogP contribution in [0.2, 0.25) is 0 Å². The van der Waals surface area contributed by atoms with Crippen LogP contribution in [-0.4, -0.2) is 54.1 Å². The molecule has 1 aliphatic heterocycles. The maximum atomic E-state index is 12.0. The van der Waals surface area contributed by atoms with Crippen molar-refractivity contribution in [1.82, 2.24) is 14.9 Å². The van der Waals surface area contributed by atoms with Crippen LogP contribution in [0.3, 0.4) is 0 Å². The Bertz CT molecular complexity index is 513. The molecule has 1 amide bonds. The molecule has 0 unspecified atom stereocenters. The first-order chi connectivity index (χ1) is 9.69. The SMILES string of the molecule is COc1nc(N2CCN(C(=O)C3CC3)CC2)ncc1Br. The highest BCUT2D eigenvalue weighted by molar-refractivity contribution is 9.10. The van der Waals surface area contributed by atoms with Gasteiger partial charge in [-0.1, -0.05) is 0 Å². The minimum atomic E-state index is 0.297. The molecular formula is C13H17BrN4O2. The monoisotopic (exact) mass is 340 g/mol. The van der Waals surface area contributed by atoms with Crippen LogP contribution in [0.5, 0.6) is 5.88 Å². The van der Waals surface area contributed by atoms with Gasteiger partial charge in [-0.2, -0.15) is 4.98 Å². The summed E-state index contributed by atoms with van der Waals surface area (Å²) >= 11 is 3.34. The van der Waals surface area contributed by atoms with Crippen LogP contribution in [0.15, 0.2) is 10.7 Å². The predicted octanol–water partition coefficient (Wildman–Crippen LogP) is 1.31. The average molecular weight is 341 g/mol. The molecular weight excluding hydrogens is 324 g/mol. The summed E-state index contributed by atoms with van der Waals surface area (Å²) in [5.74, 6) is 1.81. The van der Waals surface area contributed by atoms with Crippen LogP contribution in [-0.2, 0) is 4.79 Å². The summed E-state index contributed by atoms with van der Waals surface area (Å²) < 4.78 is 5.93. The summed E-state index contributed by atoms with van der Waals surface area (Å²) in [6.45, 7) is 3.03. The van der Waals surface area contributed by atoms with Gasteiger partial charge in [-0.25, -0.2) is 4.98 Å². The molecule has 2 aliphatic rings. The van der Waals surface area contributed by atoms with Crippen LogP contribution < -0.4 is 9.64 Å². The zero-order chi connectivity index (χ0) is 14.1. The summed E-state index contributed by atoms with van der Waals surface area (Å²) in [6.07, 6.45) is 3.82. The first kappa shape index (κ1) is 13.6. The summed E-state index contributed by atoms with van der Waals surface area (Å²) in [7, 11) is 1.59. The first-order valence-electron chi connectivity index (χ1n) is 6.79. The lowest BCUT2D eigenvalue weighted by atomic mass is 10.2. The van der Waals surface area contributed by atoms with E-state index in [4.69, 9.17) is 4.74 Å². The van der Waals surface area contributed by atoms with Gasteiger partial charge < -0.3 is 14.5 Å². The van der Waals surface area contributed by atoms with Crippen LogP contribution in [0.1, 0.15) is 12.8 Å². The standard InChI is InChI=1S/C13H17BrN4O2/c1-20-11-10(14)8-15-13(16-11)18-6-4-17(5-7-18)12(19)9-2-3-9/h8-9H,2-7H2,1H3. The van der Waals surface area contributed by atoms with Crippen molar-refractivity contribution >= 4 is 27.8 Å². The lowest BCUT2D eigenvalue weighted by Crippen LogP contribution is -2.49. The molecule has 1 aromatic rings. The largest absolute Gasteiger partial charge is 0.480 e. The van der Waals surface area contributed by atoms with E-state index in [-0.39, 0.29) is 0 Å². The Kier molecular flexibility index (Phi) is 3.78. The molecule has 0 atom stereocenters. The van der Waals surface area contributed by atoms with Crippen LogP contribution in [0, 0.1) is 5.92 Å². The van der Waals surface area contributed by atoms with Crippen molar-refractivity contribution < 1.29 is 9.53 Å². The van der Waals surface area contributed by atoms with Crippen molar-refractivity contribution in [2.75, 3.05) is 38.2 Å². The van der Waals surface area contributed by atoms with E-state index in [1.54, 1.807) is 13.3 Å². The second-order valence-electron chi connectivity index (χ2n) is 5.11. The van der Waals surface area contributed by atoms with E-state index < -0.39 is 0 Å². The molecule has 0 aromatic carbocycles. The Morgan fingerprint density at radius 2 is 2.05 bits per heavy atom. The number of amides is 1. The normalized spacial score (nSPS) is 19.1. The van der Waals surface area contributed by atoms with Crippen LogP contribution >= 0.6 is 15.9 Å². The molecule has 20 heavy (non-hydrogen) atoms. The van der Waals surface area contributed by atoms with Gasteiger partial charge in [-0.05, 0) is 28.8 Å². The van der Waals surface area contributed by atoms with Gasteiger partial charge in [0.25, 0.3) is 0 Å². The second kappa shape index (κ2) is 5.55. The van der Waals surface area contributed by atoms with Crippen LogP contribution in [0.4, 0.5) is 5.95 Å². The molecule has 7 heteroatoms. The maximum Gasteiger partial charge on any atom is 0.232 e. The highest BCUT2D eigenvalue weighted by Crippen LogP contribution is 2.31. The minimum Gasteiger partial charge on any atom is -0.480 e. The molecule has 0 spiro atoms. The number of carbonyl (C=O) groups excluding carboxylic acids is 1. The molecule has 1 aromatic heterocycles. The average Bonchev–Trinajstić information content (AvgIpc) is 3.32. The Morgan fingerprint density at radius 1 is 1.35 bits per heavy atom. The van der Waals surface area contributed by atoms with Crippen molar-refractivity contribution in [3.8, 4) is 5.88 Å². The Hall–Kier alpha value is -1.37. The smallest absolute Gasteiger partial charge is 0.232 e. The van der Waals surface area contributed by atoms with Gasteiger partial charge in [0.1, 0.15) is 0 Å². The number of anilines is 1. The molecule has 2 fully saturated rings. The number of halogens is 1. The topological polar surface area (TPSA) is 58.6 Å². The first-order valence-corrected chi connectivity index (χ1v) is 7.58. The van der Waals surface area contributed by atoms with Crippen molar-refractivity contribution in [3.05, 3.63) is 10.7 Å². The number of aromatic nitrogens is 2. The number of carbonyl (C=O) groups is 1. The second-order valence-corrected chi connectivity index (χ2v) is 5.97. The van der Waals surface area contributed by atoms with Crippen molar-refractivity contribution in [3.63, 3.8) is 0 Å². The van der Waals surface area contributed by atoms with Crippen molar-refractivity contribution in [2.45, 2.75) is 12.8 Å². The zero-order valence-electron chi connectivity index (χ0n) is 11.4. The van der Waals surface area contributed by atoms with Gasteiger partial charge in [-0.15, -0.1) is 0 Å². The van der Waals surface area contributed by atoms with E-state index in [1.807, 2.05) is 4.90 Å². The van der Waals surface area contributed by atoms with Gasteiger partial charge in [0.05, 0.1) is 17.8 Å². The number of hydrogen-bond acceptors (Lipinski definition) is 5. The quantitative estimate of drug-likeness (QED) is 0.830. The fraction of sp³-hybridized carbons (Fsp3) is 0.615. The third-order valence-corrected chi connectivity index (χ3v) is 4.24. The van der Waals surface area contributed by atoms with Gasteiger partial charge in [0.2, 0.25) is 17.7 Å². The fourth-order valence-corrected chi connectivity index (χ4v) is 2.71. The van der Waals surface area contributed by atoms with E-state index in [9.17, 15) is 4.79 Å². The van der Waals surface area contributed by atoms with E-state index >= 15 is 0 Å². The molecule has 1 aliphatic carbocycles. The highest BCUT2D eigenvalue weighted by atomic mass is 79.9. The van der Waals surface area contributed by atoms with Gasteiger partial charge in [-0.3, -0.25) is 4.79 Å². The molecule has 108 valence electrons. The molecule has 0 bridgehead atoms. The summed E-state index contributed by atoms with van der Waals surface area (Å²) in [5, 5.41) is 0. The van der Waals surface area contributed by atoms with E-state index in [2.05, 4.69) is 30.8 Å².